The second kappa shape index (κ2) is 8.79. The Morgan fingerprint density at radius 2 is 2.26 bits per heavy atom. The Labute approximate surface area is 141 Å². The van der Waals surface area contributed by atoms with Gasteiger partial charge in [0, 0.05) is 30.1 Å². The van der Waals surface area contributed by atoms with Crippen LogP contribution in [0.15, 0.2) is 30.4 Å². The molecule has 126 valence electrons. The molecule has 0 fully saturated rings. The molecule has 0 saturated heterocycles. The van der Waals surface area contributed by atoms with Crippen LogP contribution in [-0.2, 0) is 6.42 Å². The molecule has 23 heavy (non-hydrogen) atoms. The molecule has 0 aliphatic heterocycles. The van der Waals surface area contributed by atoms with Crippen LogP contribution in [0.5, 0.6) is 5.75 Å². The maximum Gasteiger partial charge on any atom is 0.315 e. The highest BCUT2D eigenvalue weighted by atomic mass is 35.5. The number of hydrogen-bond donors (Lipinski definition) is 3. The Hall–Kier alpha value is -1.72. The van der Waals surface area contributed by atoms with Crippen LogP contribution in [0.25, 0.3) is 0 Å². The Morgan fingerprint density at radius 3 is 2.96 bits per heavy atom. The van der Waals surface area contributed by atoms with E-state index in [4.69, 9.17) is 21.4 Å². The molecule has 2 rings (SSSR count). The van der Waals surface area contributed by atoms with E-state index in [9.17, 15) is 4.79 Å². The molecule has 0 radical (unpaired) electrons. The SMILES string of the molecule is CCOc1ccc(Cl)cc1CCNC(=O)N[C@@H]1C=C[C@H](CO)C1. The molecule has 2 atom stereocenters. The predicted octanol–water partition coefficient (Wildman–Crippen LogP) is 2.52. The van der Waals surface area contributed by atoms with Gasteiger partial charge in [-0.1, -0.05) is 23.8 Å². The zero-order valence-electron chi connectivity index (χ0n) is 13.2. The van der Waals surface area contributed by atoms with Crippen molar-refractivity contribution in [1.82, 2.24) is 10.6 Å². The number of aliphatic hydroxyl groups is 1. The summed E-state index contributed by atoms with van der Waals surface area (Å²) in [5.74, 6) is 0.934. The third-order valence-electron chi connectivity index (χ3n) is 3.73. The zero-order chi connectivity index (χ0) is 16.7. The standard InChI is InChI=1S/C17H23ClN2O3/c1-2-23-16-6-4-14(18)10-13(16)7-8-19-17(22)20-15-5-3-12(9-15)11-21/h3-6,10,12,15,21H,2,7-9,11H2,1H3,(H2,19,20,22)/t12-,15+/m0/s1. The number of ether oxygens (including phenoxy) is 1. The molecule has 0 spiro atoms. The predicted molar refractivity (Wildman–Crippen MR) is 91.0 cm³/mol. The minimum Gasteiger partial charge on any atom is -0.494 e. The van der Waals surface area contributed by atoms with E-state index >= 15 is 0 Å². The molecule has 3 N–H and O–H groups in total. The number of rotatable bonds is 7. The second-order valence-electron chi connectivity index (χ2n) is 5.51. The van der Waals surface area contributed by atoms with Gasteiger partial charge in [-0.2, -0.15) is 0 Å². The van der Waals surface area contributed by atoms with Crippen LogP contribution in [0.1, 0.15) is 18.9 Å². The van der Waals surface area contributed by atoms with Crippen LogP contribution in [0.4, 0.5) is 4.79 Å². The normalized spacial score (nSPS) is 19.6. The molecule has 6 heteroatoms. The molecule has 1 aliphatic rings. The summed E-state index contributed by atoms with van der Waals surface area (Å²) in [6, 6.07) is 5.27. The van der Waals surface area contributed by atoms with E-state index in [1.165, 1.54) is 0 Å². The number of nitrogens with one attached hydrogen (secondary N) is 2. The Kier molecular flexibility index (Phi) is 6.74. The van der Waals surface area contributed by atoms with Gasteiger partial charge in [-0.05, 0) is 43.5 Å². The third kappa shape index (κ3) is 5.44. The fraction of sp³-hybridized carbons (Fsp3) is 0.471. The number of hydrogen-bond acceptors (Lipinski definition) is 3. The lowest BCUT2D eigenvalue weighted by atomic mass is 10.1. The van der Waals surface area contributed by atoms with Crippen molar-refractivity contribution in [3.05, 3.63) is 40.9 Å². The van der Waals surface area contributed by atoms with Gasteiger partial charge in [0.15, 0.2) is 0 Å². The Bertz CT molecular complexity index is 563. The Morgan fingerprint density at radius 1 is 1.43 bits per heavy atom. The smallest absolute Gasteiger partial charge is 0.315 e. The summed E-state index contributed by atoms with van der Waals surface area (Å²) < 4.78 is 5.56. The van der Waals surface area contributed by atoms with E-state index in [2.05, 4.69) is 10.6 Å². The summed E-state index contributed by atoms with van der Waals surface area (Å²) in [5, 5.41) is 15.4. The molecule has 0 unspecified atom stereocenters. The summed E-state index contributed by atoms with van der Waals surface area (Å²) in [6.07, 6.45) is 5.24. The lowest BCUT2D eigenvalue weighted by Gasteiger charge is -2.14. The average molecular weight is 339 g/mol. The minimum absolute atomic E-state index is 0.0164. The minimum atomic E-state index is -0.210. The summed E-state index contributed by atoms with van der Waals surface area (Å²) >= 11 is 6.02. The molecule has 0 saturated carbocycles. The van der Waals surface area contributed by atoms with E-state index in [0.717, 1.165) is 17.7 Å². The van der Waals surface area contributed by atoms with Crippen molar-refractivity contribution in [3.8, 4) is 5.75 Å². The van der Waals surface area contributed by atoms with Crippen LogP contribution in [0.2, 0.25) is 5.02 Å². The van der Waals surface area contributed by atoms with E-state index in [-0.39, 0.29) is 24.6 Å². The van der Waals surface area contributed by atoms with Crippen LogP contribution >= 0.6 is 11.6 Å². The summed E-state index contributed by atoms with van der Waals surface area (Å²) in [6.45, 7) is 3.12. The van der Waals surface area contributed by atoms with Gasteiger partial charge in [0.2, 0.25) is 0 Å². The number of carbonyl (C=O) groups excluding carboxylic acids is 1. The van der Waals surface area contributed by atoms with Crippen molar-refractivity contribution in [2.24, 2.45) is 5.92 Å². The van der Waals surface area contributed by atoms with Crippen LogP contribution < -0.4 is 15.4 Å². The van der Waals surface area contributed by atoms with Crippen molar-refractivity contribution in [3.63, 3.8) is 0 Å². The number of carbonyl (C=O) groups is 1. The molecule has 0 heterocycles. The van der Waals surface area contributed by atoms with Crippen molar-refractivity contribution < 1.29 is 14.6 Å². The van der Waals surface area contributed by atoms with Gasteiger partial charge >= 0.3 is 6.03 Å². The number of aliphatic hydroxyl groups excluding tert-OH is 1. The molecule has 1 aliphatic carbocycles. The van der Waals surface area contributed by atoms with E-state index in [1.54, 1.807) is 6.07 Å². The second-order valence-corrected chi connectivity index (χ2v) is 5.94. The summed E-state index contributed by atoms with van der Waals surface area (Å²) in [5.41, 5.74) is 0.973. The third-order valence-corrected chi connectivity index (χ3v) is 3.96. The first kappa shape index (κ1) is 17.6. The van der Waals surface area contributed by atoms with Crippen LogP contribution in [0.3, 0.4) is 0 Å². The lowest BCUT2D eigenvalue weighted by molar-refractivity contribution is 0.231. The first-order valence-corrected chi connectivity index (χ1v) is 8.25. The first-order valence-electron chi connectivity index (χ1n) is 7.87. The first-order chi connectivity index (χ1) is 11.1. The topological polar surface area (TPSA) is 70.6 Å². The van der Waals surface area contributed by atoms with Gasteiger partial charge in [0.1, 0.15) is 5.75 Å². The van der Waals surface area contributed by atoms with E-state index < -0.39 is 0 Å². The van der Waals surface area contributed by atoms with Gasteiger partial charge < -0.3 is 20.5 Å². The zero-order valence-corrected chi connectivity index (χ0v) is 14.0. The van der Waals surface area contributed by atoms with Gasteiger partial charge in [-0.15, -0.1) is 0 Å². The van der Waals surface area contributed by atoms with Gasteiger partial charge in [-0.3, -0.25) is 0 Å². The molecule has 5 nitrogen and oxygen atoms in total. The maximum atomic E-state index is 11.9. The molecule has 0 aromatic heterocycles. The molecule has 2 amide bonds. The highest BCUT2D eigenvalue weighted by Crippen LogP contribution is 2.23. The average Bonchev–Trinajstić information content (AvgIpc) is 2.97. The maximum absolute atomic E-state index is 11.9. The highest BCUT2D eigenvalue weighted by Gasteiger charge is 2.19. The summed E-state index contributed by atoms with van der Waals surface area (Å²) in [7, 11) is 0. The van der Waals surface area contributed by atoms with Crippen molar-refractivity contribution in [1.29, 1.82) is 0 Å². The number of benzene rings is 1. The molecule has 1 aromatic rings. The summed E-state index contributed by atoms with van der Waals surface area (Å²) in [4.78, 5) is 11.9. The Balaban J connectivity index is 1.77. The fourth-order valence-electron chi connectivity index (χ4n) is 2.59. The lowest BCUT2D eigenvalue weighted by Crippen LogP contribution is -2.41. The van der Waals surface area contributed by atoms with Crippen molar-refractivity contribution in [2.45, 2.75) is 25.8 Å². The number of halogens is 1. The van der Waals surface area contributed by atoms with Gasteiger partial charge in [0.05, 0.1) is 6.61 Å². The number of amides is 2. The van der Waals surface area contributed by atoms with E-state index in [0.29, 0.717) is 24.6 Å². The van der Waals surface area contributed by atoms with E-state index in [1.807, 2.05) is 31.2 Å². The van der Waals surface area contributed by atoms with Crippen molar-refractivity contribution in [2.75, 3.05) is 19.8 Å². The van der Waals surface area contributed by atoms with Crippen molar-refractivity contribution >= 4 is 17.6 Å². The van der Waals surface area contributed by atoms with Gasteiger partial charge in [-0.25, -0.2) is 4.79 Å². The molecular weight excluding hydrogens is 316 g/mol. The largest absolute Gasteiger partial charge is 0.494 e. The molecule has 0 bridgehead atoms. The quantitative estimate of drug-likeness (QED) is 0.669. The molecule has 1 aromatic carbocycles. The number of urea groups is 1. The fourth-order valence-corrected chi connectivity index (χ4v) is 2.78. The highest BCUT2D eigenvalue weighted by molar-refractivity contribution is 6.30. The molecular formula is C17H23ClN2O3. The van der Waals surface area contributed by atoms with Crippen LogP contribution in [-0.4, -0.2) is 36.9 Å². The van der Waals surface area contributed by atoms with Gasteiger partial charge in [0.25, 0.3) is 0 Å². The van der Waals surface area contributed by atoms with Crippen LogP contribution in [0, 0.1) is 5.92 Å². The monoisotopic (exact) mass is 338 g/mol.